The molecule has 0 bridgehead atoms. The smallest absolute Gasteiger partial charge is 0.260 e. The molecular formula is C22H23N5O4S. The third-order valence-corrected chi connectivity index (χ3v) is 6.03. The lowest BCUT2D eigenvalue weighted by atomic mass is 10.1. The summed E-state index contributed by atoms with van der Waals surface area (Å²) in [4.78, 5) is 25.3. The number of anilines is 5. The fourth-order valence-electron chi connectivity index (χ4n) is 3.61. The molecule has 4 rings (SSSR count). The number of ether oxygens (including phenoxy) is 1. The van der Waals surface area contributed by atoms with Crippen molar-refractivity contribution in [2.45, 2.75) is 5.75 Å². The van der Waals surface area contributed by atoms with Gasteiger partial charge in [0.1, 0.15) is 11.4 Å². The zero-order valence-corrected chi connectivity index (χ0v) is 19.0. The predicted molar refractivity (Wildman–Crippen MR) is 124 cm³/mol. The molecule has 32 heavy (non-hydrogen) atoms. The van der Waals surface area contributed by atoms with Crippen LogP contribution in [0.4, 0.5) is 28.8 Å². The van der Waals surface area contributed by atoms with Crippen LogP contribution in [0.2, 0.25) is 0 Å². The maximum Gasteiger partial charge on any atom is 0.260 e. The number of hydrogen-bond donors (Lipinski definition) is 1. The molecule has 166 valence electrons. The van der Waals surface area contributed by atoms with Crippen LogP contribution in [0.1, 0.15) is 15.9 Å². The van der Waals surface area contributed by atoms with Crippen molar-refractivity contribution in [3.05, 3.63) is 59.8 Å². The third-order valence-electron chi connectivity index (χ3n) is 5.17. The molecule has 10 heteroatoms. The molecule has 0 atom stereocenters. The highest BCUT2D eigenvalue weighted by atomic mass is 32.2. The molecule has 1 N–H and O–H groups in total. The molecule has 0 spiro atoms. The topological polar surface area (TPSA) is 105 Å². The number of amides is 1. The summed E-state index contributed by atoms with van der Waals surface area (Å²) >= 11 is 0. The van der Waals surface area contributed by atoms with Gasteiger partial charge in [-0.15, -0.1) is 0 Å². The normalized spacial score (nSPS) is 13.3. The number of para-hydroxylation sites is 1. The van der Waals surface area contributed by atoms with Crippen molar-refractivity contribution in [3.8, 4) is 5.75 Å². The minimum Gasteiger partial charge on any atom is -0.495 e. The van der Waals surface area contributed by atoms with E-state index < -0.39 is 9.84 Å². The Labute approximate surface area is 186 Å². The summed E-state index contributed by atoms with van der Waals surface area (Å²) in [5.41, 5.74) is 3.11. The summed E-state index contributed by atoms with van der Waals surface area (Å²) in [6.07, 6.45) is 2.78. The van der Waals surface area contributed by atoms with Crippen LogP contribution in [0.3, 0.4) is 0 Å². The Morgan fingerprint density at radius 2 is 1.81 bits per heavy atom. The number of fused-ring (bicyclic) bond motifs is 2. The molecule has 2 heterocycles. The lowest BCUT2D eigenvalue weighted by molar-refractivity contribution is 0.0994. The number of nitrogens with one attached hydrogen (secondary N) is 1. The number of carbonyl (C=O) groups excluding carboxylic acids is 1. The number of nitrogens with zero attached hydrogens (tertiary/aromatic N) is 4. The van der Waals surface area contributed by atoms with E-state index >= 15 is 0 Å². The zero-order chi connectivity index (χ0) is 23.0. The van der Waals surface area contributed by atoms with Crippen LogP contribution in [0, 0.1) is 0 Å². The van der Waals surface area contributed by atoms with Crippen LogP contribution in [0.15, 0.2) is 48.7 Å². The van der Waals surface area contributed by atoms with Gasteiger partial charge in [-0.25, -0.2) is 13.4 Å². The predicted octanol–water partition coefficient (Wildman–Crippen LogP) is 3.13. The fraction of sp³-hybridized carbons (Fsp3) is 0.227. The lowest BCUT2D eigenvalue weighted by Crippen LogP contribution is -2.25. The molecule has 0 saturated heterocycles. The first-order valence-electron chi connectivity index (χ1n) is 9.77. The average molecular weight is 454 g/mol. The van der Waals surface area contributed by atoms with Crippen LogP contribution in [-0.4, -0.2) is 51.8 Å². The molecule has 1 aliphatic heterocycles. The molecular weight excluding hydrogens is 430 g/mol. The van der Waals surface area contributed by atoms with Gasteiger partial charge < -0.3 is 19.9 Å². The summed E-state index contributed by atoms with van der Waals surface area (Å²) in [7, 11) is 1.88. The van der Waals surface area contributed by atoms with Gasteiger partial charge in [0.05, 0.1) is 36.0 Å². The minimum atomic E-state index is -3.17. The van der Waals surface area contributed by atoms with E-state index in [-0.39, 0.29) is 11.7 Å². The van der Waals surface area contributed by atoms with Crippen molar-refractivity contribution in [3.63, 3.8) is 0 Å². The molecule has 3 aromatic rings. The van der Waals surface area contributed by atoms with Crippen molar-refractivity contribution >= 4 is 44.6 Å². The third kappa shape index (κ3) is 4.09. The number of carbonyl (C=O) groups is 1. The van der Waals surface area contributed by atoms with Crippen LogP contribution >= 0.6 is 0 Å². The Morgan fingerprint density at radius 3 is 2.53 bits per heavy atom. The van der Waals surface area contributed by atoms with Crippen LogP contribution in [0.25, 0.3) is 0 Å². The Hall–Kier alpha value is -3.66. The minimum absolute atomic E-state index is 0.0798. The maximum absolute atomic E-state index is 12.9. The van der Waals surface area contributed by atoms with E-state index in [1.54, 1.807) is 37.5 Å². The van der Waals surface area contributed by atoms with Gasteiger partial charge >= 0.3 is 0 Å². The van der Waals surface area contributed by atoms with Crippen molar-refractivity contribution in [2.24, 2.45) is 0 Å². The van der Waals surface area contributed by atoms with Crippen LogP contribution < -0.4 is 19.9 Å². The molecule has 0 unspecified atom stereocenters. The van der Waals surface area contributed by atoms with Gasteiger partial charge in [-0.3, -0.25) is 4.79 Å². The number of rotatable bonds is 5. The Balaban J connectivity index is 1.71. The van der Waals surface area contributed by atoms with E-state index in [2.05, 4.69) is 15.3 Å². The standard InChI is InChI=1S/C22H23N5O4S/c1-26-17-8-6-5-7-15(17)21(28)27(2)18-12-23-22(25-20(18)26)24-16-10-9-14(11-19(16)31-3)13-32(4,29)30/h5-12H,13H2,1-4H3,(H,23,24,25). The molecule has 1 amide bonds. The first-order chi connectivity index (χ1) is 15.2. The average Bonchev–Trinajstić information content (AvgIpc) is 2.84. The highest BCUT2D eigenvalue weighted by Gasteiger charge is 2.28. The van der Waals surface area contributed by atoms with Gasteiger partial charge in [-0.1, -0.05) is 18.2 Å². The van der Waals surface area contributed by atoms with E-state index in [4.69, 9.17) is 4.74 Å². The number of hydrogen-bond acceptors (Lipinski definition) is 8. The highest BCUT2D eigenvalue weighted by molar-refractivity contribution is 7.89. The summed E-state index contributed by atoms with van der Waals surface area (Å²) < 4.78 is 28.6. The van der Waals surface area contributed by atoms with Crippen LogP contribution in [0.5, 0.6) is 5.75 Å². The van der Waals surface area contributed by atoms with Crippen molar-refractivity contribution < 1.29 is 17.9 Å². The summed E-state index contributed by atoms with van der Waals surface area (Å²) in [5, 5.41) is 3.13. The second kappa shape index (κ2) is 8.12. The van der Waals surface area contributed by atoms with E-state index in [9.17, 15) is 13.2 Å². The molecule has 2 aromatic carbocycles. The fourth-order valence-corrected chi connectivity index (χ4v) is 4.40. The molecule has 1 aliphatic rings. The molecule has 0 radical (unpaired) electrons. The van der Waals surface area contributed by atoms with Gasteiger partial charge in [0.2, 0.25) is 5.95 Å². The van der Waals surface area contributed by atoms with Gasteiger partial charge in [0, 0.05) is 20.4 Å². The Bertz CT molecular complexity index is 1310. The number of methoxy groups -OCH3 is 1. The highest BCUT2D eigenvalue weighted by Crippen LogP contribution is 2.38. The number of sulfone groups is 1. The first kappa shape index (κ1) is 21.6. The molecule has 0 fully saturated rings. The first-order valence-corrected chi connectivity index (χ1v) is 11.8. The van der Waals surface area contributed by atoms with Gasteiger partial charge in [0.25, 0.3) is 5.91 Å². The molecule has 0 saturated carbocycles. The van der Waals surface area contributed by atoms with Gasteiger partial charge in [0.15, 0.2) is 15.7 Å². The van der Waals surface area contributed by atoms with Crippen molar-refractivity contribution in [1.29, 1.82) is 0 Å². The Morgan fingerprint density at radius 1 is 1.06 bits per heavy atom. The lowest BCUT2D eigenvalue weighted by Gasteiger charge is -2.21. The second-order valence-electron chi connectivity index (χ2n) is 7.57. The largest absolute Gasteiger partial charge is 0.495 e. The van der Waals surface area contributed by atoms with Gasteiger partial charge in [-0.05, 0) is 29.8 Å². The SMILES string of the molecule is COc1cc(CS(C)(=O)=O)ccc1Nc1ncc2c(n1)N(C)c1ccccc1C(=O)N2C. The summed E-state index contributed by atoms with van der Waals surface area (Å²) in [6, 6.07) is 12.5. The number of benzene rings is 2. The molecule has 9 nitrogen and oxygen atoms in total. The summed E-state index contributed by atoms with van der Waals surface area (Å²) in [6.45, 7) is 0. The summed E-state index contributed by atoms with van der Waals surface area (Å²) in [5.74, 6) is 1.12. The van der Waals surface area contributed by atoms with E-state index in [0.717, 1.165) is 5.69 Å². The molecule has 0 aliphatic carbocycles. The maximum atomic E-state index is 12.9. The monoisotopic (exact) mass is 453 g/mol. The second-order valence-corrected chi connectivity index (χ2v) is 9.71. The van der Waals surface area contributed by atoms with E-state index in [1.807, 2.05) is 30.1 Å². The van der Waals surface area contributed by atoms with E-state index in [1.165, 1.54) is 18.3 Å². The molecule has 1 aromatic heterocycles. The Kier molecular flexibility index (Phi) is 5.47. The van der Waals surface area contributed by atoms with Crippen LogP contribution in [-0.2, 0) is 15.6 Å². The zero-order valence-electron chi connectivity index (χ0n) is 18.2. The van der Waals surface area contributed by atoms with Crippen molar-refractivity contribution in [2.75, 3.05) is 42.6 Å². The van der Waals surface area contributed by atoms with Crippen molar-refractivity contribution in [1.82, 2.24) is 9.97 Å². The van der Waals surface area contributed by atoms with Gasteiger partial charge in [-0.2, -0.15) is 4.98 Å². The van der Waals surface area contributed by atoms with E-state index in [0.29, 0.717) is 40.0 Å². The number of aromatic nitrogens is 2. The quantitative estimate of drug-likeness (QED) is 0.628.